The highest BCUT2D eigenvalue weighted by molar-refractivity contribution is 6.14. The minimum atomic E-state index is -0.900. The number of carbonyl (C=O) groups is 3. The molecule has 9 nitrogen and oxygen atoms in total. The first-order chi connectivity index (χ1) is 17.0. The molecule has 2 amide bonds. The van der Waals surface area contributed by atoms with Gasteiger partial charge in [0.15, 0.2) is 5.78 Å². The van der Waals surface area contributed by atoms with Crippen LogP contribution in [-0.4, -0.2) is 58.8 Å². The molecule has 2 aromatic rings. The molecule has 4 aliphatic heterocycles. The minimum Gasteiger partial charge on any atom is -0.376 e. The number of nitro benzene ring substituents is 1. The number of fused-ring (bicyclic) bond motifs is 5. The third-order valence-electron chi connectivity index (χ3n) is 7.55. The number of ketones is 1. The van der Waals surface area contributed by atoms with Gasteiger partial charge in [-0.1, -0.05) is 30.4 Å². The summed E-state index contributed by atoms with van der Waals surface area (Å²) < 4.78 is 5.67. The van der Waals surface area contributed by atoms with Crippen LogP contribution in [0.2, 0.25) is 0 Å². The second-order valence-corrected chi connectivity index (χ2v) is 9.40. The van der Waals surface area contributed by atoms with E-state index in [0.717, 1.165) is 24.1 Å². The average molecular weight is 473 g/mol. The highest BCUT2D eigenvalue weighted by Crippen LogP contribution is 2.49. The van der Waals surface area contributed by atoms with Crippen molar-refractivity contribution in [3.63, 3.8) is 0 Å². The first-order valence-corrected chi connectivity index (χ1v) is 11.8. The van der Waals surface area contributed by atoms with E-state index in [1.165, 1.54) is 29.2 Å². The Morgan fingerprint density at radius 2 is 1.80 bits per heavy atom. The van der Waals surface area contributed by atoms with Crippen molar-refractivity contribution in [3.8, 4) is 0 Å². The predicted molar refractivity (Wildman–Crippen MR) is 126 cm³/mol. The Labute approximate surface area is 201 Å². The zero-order chi connectivity index (χ0) is 24.3. The van der Waals surface area contributed by atoms with E-state index in [1.807, 2.05) is 41.3 Å². The van der Waals surface area contributed by atoms with Gasteiger partial charge in [0, 0.05) is 30.0 Å². The molecule has 0 aliphatic carbocycles. The lowest BCUT2D eigenvalue weighted by Gasteiger charge is -2.36. The molecule has 5 atom stereocenters. The quantitative estimate of drug-likeness (QED) is 0.284. The molecule has 0 aromatic heterocycles. The number of nitrogens with zero attached hydrogens (tertiary/aromatic N) is 3. The SMILES string of the molecule is O=C(c1ccc([N+](=O)[O-])cc1)[C@@H]1[C@@H]2C(=O)N(C[C@@H]3CCCO3)C(=O)[C@H]2[C@@H]2C=Cc3ccccc3N12. The fourth-order valence-electron chi connectivity index (χ4n) is 5.97. The zero-order valence-corrected chi connectivity index (χ0v) is 18.8. The first kappa shape index (κ1) is 21.7. The molecule has 2 aromatic carbocycles. The maximum absolute atomic E-state index is 13.9. The summed E-state index contributed by atoms with van der Waals surface area (Å²) in [7, 11) is 0. The molecule has 9 heteroatoms. The molecule has 0 saturated carbocycles. The lowest BCUT2D eigenvalue weighted by molar-refractivity contribution is -0.384. The van der Waals surface area contributed by atoms with Crippen LogP contribution in [0.5, 0.6) is 0 Å². The number of ether oxygens (including phenoxy) is 1. The average Bonchev–Trinajstić information content (AvgIpc) is 3.57. The third kappa shape index (κ3) is 3.30. The van der Waals surface area contributed by atoms with Gasteiger partial charge in [0.1, 0.15) is 6.04 Å². The van der Waals surface area contributed by atoms with Crippen LogP contribution in [0.25, 0.3) is 6.08 Å². The van der Waals surface area contributed by atoms with E-state index >= 15 is 0 Å². The summed E-state index contributed by atoms with van der Waals surface area (Å²) in [6, 6.07) is 11.6. The molecule has 0 bridgehead atoms. The first-order valence-electron chi connectivity index (χ1n) is 11.8. The van der Waals surface area contributed by atoms with E-state index in [0.29, 0.717) is 6.61 Å². The lowest BCUT2D eigenvalue weighted by atomic mass is 9.86. The molecule has 0 spiro atoms. The summed E-state index contributed by atoms with van der Waals surface area (Å²) in [6.45, 7) is 0.820. The molecular weight excluding hydrogens is 450 g/mol. The topological polar surface area (TPSA) is 110 Å². The van der Waals surface area contributed by atoms with Crippen LogP contribution in [0, 0.1) is 22.0 Å². The van der Waals surface area contributed by atoms with Gasteiger partial charge in [-0.2, -0.15) is 0 Å². The van der Waals surface area contributed by atoms with Gasteiger partial charge >= 0.3 is 0 Å². The second kappa shape index (κ2) is 8.13. The van der Waals surface area contributed by atoms with Crippen molar-refractivity contribution in [1.29, 1.82) is 0 Å². The number of para-hydroxylation sites is 1. The second-order valence-electron chi connectivity index (χ2n) is 9.40. The Hall–Kier alpha value is -3.85. The summed E-state index contributed by atoms with van der Waals surface area (Å²) in [5, 5.41) is 11.1. The van der Waals surface area contributed by atoms with Gasteiger partial charge in [0.25, 0.3) is 5.69 Å². The molecule has 3 saturated heterocycles. The number of nitro groups is 1. The number of amides is 2. The fourth-order valence-corrected chi connectivity index (χ4v) is 5.97. The normalized spacial score (nSPS) is 28.7. The van der Waals surface area contributed by atoms with Gasteiger partial charge < -0.3 is 9.64 Å². The summed E-state index contributed by atoms with van der Waals surface area (Å²) >= 11 is 0. The summed E-state index contributed by atoms with van der Waals surface area (Å²) in [6.07, 6.45) is 5.35. The van der Waals surface area contributed by atoms with Crippen LogP contribution in [0.15, 0.2) is 54.6 Å². The number of hydrogen-bond donors (Lipinski definition) is 0. The van der Waals surface area contributed by atoms with Crippen molar-refractivity contribution in [1.82, 2.24) is 4.90 Å². The van der Waals surface area contributed by atoms with E-state index in [2.05, 4.69) is 0 Å². The number of likely N-dealkylation sites (tertiary alicyclic amines) is 1. The molecule has 178 valence electrons. The van der Waals surface area contributed by atoms with Gasteiger partial charge in [-0.05, 0) is 36.6 Å². The smallest absolute Gasteiger partial charge is 0.269 e. The Kier molecular flexibility index (Phi) is 5.03. The van der Waals surface area contributed by atoms with Crippen molar-refractivity contribution < 1.29 is 24.0 Å². The maximum atomic E-state index is 13.9. The molecule has 0 unspecified atom stereocenters. The molecule has 0 radical (unpaired) electrons. The van der Waals surface area contributed by atoms with Crippen molar-refractivity contribution >= 4 is 35.0 Å². The monoisotopic (exact) mass is 473 g/mol. The predicted octanol–water partition coefficient (Wildman–Crippen LogP) is 2.84. The number of hydrogen-bond acceptors (Lipinski definition) is 7. The largest absolute Gasteiger partial charge is 0.376 e. The van der Waals surface area contributed by atoms with Crippen molar-refractivity contribution in [2.75, 3.05) is 18.1 Å². The van der Waals surface area contributed by atoms with Gasteiger partial charge in [-0.3, -0.25) is 29.4 Å². The summed E-state index contributed by atoms with van der Waals surface area (Å²) in [4.78, 5) is 54.9. The molecular formula is C26H23N3O6. The third-order valence-corrected chi connectivity index (χ3v) is 7.55. The van der Waals surface area contributed by atoms with Crippen molar-refractivity contribution in [2.45, 2.75) is 31.0 Å². The standard InChI is InChI=1S/C26H23N3O6/c30-24(16-7-10-17(11-8-16)29(33)34)23-22-21(20-12-9-15-4-1-2-6-19(15)28(20)23)25(31)27(26(22)32)14-18-5-3-13-35-18/h1-2,4,6-12,18,20-23H,3,5,13-14H2/t18-,20-,21-,22+,23-/m0/s1. The number of non-ortho nitro benzene ring substituents is 1. The highest BCUT2D eigenvalue weighted by atomic mass is 16.6. The van der Waals surface area contributed by atoms with E-state index in [1.54, 1.807) is 0 Å². The Bertz CT molecular complexity index is 1270. The molecule has 0 N–H and O–H groups in total. The van der Waals surface area contributed by atoms with Crippen LogP contribution in [0.4, 0.5) is 11.4 Å². The van der Waals surface area contributed by atoms with E-state index in [-0.39, 0.29) is 41.5 Å². The number of carbonyl (C=O) groups excluding carboxylic acids is 3. The van der Waals surface area contributed by atoms with E-state index in [9.17, 15) is 24.5 Å². The van der Waals surface area contributed by atoms with Crippen LogP contribution < -0.4 is 4.90 Å². The maximum Gasteiger partial charge on any atom is 0.269 e. The van der Waals surface area contributed by atoms with Crippen LogP contribution in [-0.2, 0) is 14.3 Å². The molecule has 4 aliphatic rings. The van der Waals surface area contributed by atoms with Gasteiger partial charge in [-0.15, -0.1) is 0 Å². The summed E-state index contributed by atoms with van der Waals surface area (Å²) in [5.41, 5.74) is 1.84. The number of imide groups is 1. The number of anilines is 1. The number of benzene rings is 2. The van der Waals surface area contributed by atoms with Crippen LogP contribution in [0.1, 0.15) is 28.8 Å². The number of Topliss-reactive ketones (excluding diaryl/α,β-unsaturated/α-hetero) is 1. The van der Waals surface area contributed by atoms with Crippen molar-refractivity contribution in [3.05, 3.63) is 75.8 Å². The van der Waals surface area contributed by atoms with Gasteiger partial charge in [0.2, 0.25) is 11.8 Å². The Morgan fingerprint density at radius 3 is 2.51 bits per heavy atom. The Balaban J connectivity index is 1.41. The summed E-state index contributed by atoms with van der Waals surface area (Å²) in [5.74, 6) is -2.47. The van der Waals surface area contributed by atoms with Crippen LogP contribution >= 0.6 is 0 Å². The highest BCUT2D eigenvalue weighted by Gasteiger charge is 2.64. The van der Waals surface area contributed by atoms with E-state index < -0.39 is 28.8 Å². The van der Waals surface area contributed by atoms with Gasteiger partial charge in [0.05, 0.1) is 35.4 Å². The minimum absolute atomic E-state index is 0.121. The van der Waals surface area contributed by atoms with E-state index in [4.69, 9.17) is 4.74 Å². The fraction of sp³-hybridized carbons (Fsp3) is 0.346. The van der Waals surface area contributed by atoms with Crippen molar-refractivity contribution in [2.24, 2.45) is 11.8 Å². The molecule has 35 heavy (non-hydrogen) atoms. The molecule has 4 heterocycles. The van der Waals surface area contributed by atoms with Crippen LogP contribution in [0.3, 0.4) is 0 Å². The Morgan fingerprint density at radius 1 is 1.06 bits per heavy atom. The van der Waals surface area contributed by atoms with Gasteiger partial charge in [-0.25, -0.2) is 0 Å². The lowest BCUT2D eigenvalue weighted by Crippen LogP contribution is -2.49. The number of rotatable bonds is 5. The molecule has 3 fully saturated rings. The molecule has 6 rings (SSSR count). The zero-order valence-electron chi connectivity index (χ0n) is 18.8.